The first-order valence-corrected chi connectivity index (χ1v) is 13.8. The van der Waals surface area contributed by atoms with E-state index in [-0.39, 0.29) is 17.8 Å². The molecule has 37 heavy (non-hydrogen) atoms. The Kier molecular flexibility index (Phi) is 6.66. The zero-order chi connectivity index (χ0) is 25.2. The van der Waals surface area contributed by atoms with Crippen molar-refractivity contribution in [1.29, 1.82) is 5.26 Å². The van der Waals surface area contributed by atoms with Gasteiger partial charge in [-0.25, -0.2) is 9.97 Å². The van der Waals surface area contributed by atoms with Crippen molar-refractivity contribution in [2.75, 3.05) is 19.8 Å². The lowest BCUT2D eigenvalue weighted by molar-refractivity contribution is -0.134. The molecule has 8 nitrogen and oxygen atoms in total. The van der Waals surface area contributed by atoms with Crippen molar-refractivity contribution in [2.45, 2.75) is 69.5 Å². The molecule has 2 aliphatic heterocycles. The lowest BCUT2D eigenvalue weighted by Gasteiger charge is -2.34. The van der Waals surface area contributed by atoms with Gasteiger partial charge in [-0.3, -0.25) is 10.1 Å². The fourth-order valence-corrected chi connectivity index (χ4v) is 6.62. The van der Waals surface area contributed by atoms with Crippen molar-refractivity contribution in [3.63, 3.8) is 0 Å². The van der Waals surface area contributed by atoms with Crippen LogP contribution in [-0.2, 0) is 11.3 Å². The monoisotopic (exact) mass is 497 g/mol. The molecule has 4 heterocycles. The Bertz CT molecular complexity index is 1300. The lowest BCUT2D eigenvalue weighted by Crippen LogP contribution is -2.53. The predicted octanol–water partition coefficient (Wildman–Crippen LogP) is 3.87. The van der Waals surface area contributed by atoms with Crippen LogP contribution in [0, 0.1) is 17.2 Å². The van der Waals surface area contributed by atoms with Gasteiger partial charge in [0.05, 0.1) is 12.7 Å². The van der Waals surface area contributed by atoms with E-state index in [1.54, 1.807) is 6.20 Å². The first-order chi connectivity index (χ1) is 18.2. The van der Waals surface area contributed by atoms with Gasteiger partial charge < -0.3 is 14.8 Å². The molecule has 1 atom stereocenters. The highest BCUT2D eigenvalue weighted by molar-refractivity contribution is 5.89. The van der Waals surface area contributed by atoms with E-state index < -0.39 is 5.54 Å². The summed E-state index contributed by atoms with van der Waals surface area (Å²) in [6.07, 6.45) is 10.9. The van der Waals surface area contributed by atoms with Gasteiger partial charge >= 0.3 is 0 Å². The number of aryl methyl sites for hydroxylation is 1. The molecule has 2 N–H and O–H groups in total. The van der Waals surface area contributed by atoms with Crippen LogP contribution in [0.1, 0.15) is 74.5 Å². The van der Waals surface area contributed by atoms with Crippen LogP contribution in [0.3, 0.4) is 0 Å². The van der Waals surface area contributed by atoms with Crippen LogP contribution >= 0.6 is 0 Å². The van der Waals surface area contributed by atoms with Gasteiger partial charge in [0.15, 0.2) is 0 Å². The SMILES string of the molecule is N#Cc1ncc2cc(C(c3ccccc3)N3CNC4(CCNCC4)C3=O)n(CCC3CCCCC3)c2n1. The maximum Gasteiger partial charge on any atom is 0.244 e. The number of benzene rings is 1. The largest absolute Gasteiger partial charge is 0.327 e. The Labute approximate surface area is 218 Å². The van der Waals surface area contributed by atoms with E-state index >= 15 is 0 Å². The molecule has 3 fully saturated rings. The second-order valence-electron chi connectivity index (χ2n) is 10.9. The number of rotatable bonds is 6. The second kappa shape index (κ2) is 10.2. The molecule has 6 rings (SSSR count). The number of nitrogens with one attached hydrogen (secondary N) is 2. The van der Waals surface area contributed by atoms with Gasteiger partial charge in [-0.05, 0) is 49.9 Å². The fraction of sp³-hybridized carbons (Fsp3) is 0.517. The number of carbonyl (C=O) groups excluding carboxylic acids is 1. The highest BCUT2D eigenvalue weighted by atomic mass is 16.2. The Morgan fingerprint density at radius 1 is 1.14 bits per heavy atom. The maximum absolute atomic E-state index is 14.1. The van der Waals surface area contributed by atoms with Crippen LogP contribution in [0.5, 0.6) is 0 Å². The molecule has 1 unspecified atom stereocenters. The summed E-state index contributed by atoms with van der Waals surface area (Å²) in [5.41, 5.74) is 2.42. The van der Waals surface area contributed by atoms with Crippen molar-refractivity contribution in [3.8, 4) is 6.07 Å². The van der Waals surface area contributed by atoms with Crippen molar-refractivity contribution < 1.29 is 4.79 Å². The third-order valence-corrected chi connectivity index (χ3v) is 8.67. The lowest BCUT2D eigenvalue weighted by atomic mass is 9.87. The molecule has 3 aliphatic rings. The second-order valence-corrected chi connectivity index (χ2v) is 10.9. The van der Waals surface area contributed by atoms with Gasteiger partial charge in [0.25, 0.3) is 0 Å². The average Bonchev–Trinajstić information content (AvgIpc) is 3.46. The van der Waals surface area contributed by atoms with Gasteiger partial charge in [0, 0.05) is 23.8 Å². The molecular weight excluding hydrogens is 462 g/mol. The topological polar surface area (TPSA) is 98.9 Å². The number of aromatic nitrogens is 3. The number of nitriles is 1. The number of hydrogen-bond donors (Lipinski definition) is 2. The minimum atomic E-state index is -0.495. The van der Waals surface area contributed by atoms with Crippen LogP contribution in [0.4, 0.5) is 0 Å². The maximum atomic E-state index is 14.1. The summed E-state index contributed by atoms with van der Waals surface area (Å²) in [7, 11) is 0. The molecule has 1 aromatic carbocycles. The molecule has 1 spiro atoms. The molecule has 2 saturated heterocycles. The summed E-state index contributed by atoms with van der Waals surface area (Å²) in [6, 6.07) is 14.3. The Morgan fingerprint density at radius 3 is 2.68 bits per heavy atom. The average molecular weight is 498 g/mol. The van der Waals surface area contributed by atoms with Crippen molar-refractivity contribution >= 4 is 16.9 Å². The molecule has 1 saturated carbocycles. The quantitative estimate of drug-likeness (QED) is 0.536. The zero-order valence-corrected chi connectivity index (χ0v) is 21.3. The van der Waals surface area contributed by atoms with Crippen molar-refractivity contribution in [3.05, 3.63) is 59.7 Å². The highest BCUT2D eigenvalue weighted by Gasteiger charge is 2.49. The minimum absolute atomic E-state index is 0.177. The Hall–Kier alpha value is -3.28. The highest BCUT2D eigenvalue weighted by Crippen LogP contribution is 2.38. The van der Waals surface area contributed by atoms with E-state index in [0.29, 0.717) is 12.6 Å². The summed E-state index contributed by atoms with van der Waals surface area (Å²) in [6.45, 7) is 3.02. The Balaban J connectivity index is 1.44. The minimum Gasteiger partial charge on any atom is -0.327 e. The Morgan fingerprint density at radius 2 is 1.92 bits per heavy atom. The molecule has 1 amide bonds. The summed E-state index contributed by atoms with van der Waals surface area (Å²) in [4.78, 5) is 25.0. The number of piperidine rings is 1. The van der Waals surface area contributed by atoms with Gasteiger partial charge in [-0.15, -0.1) is 0 Å². The normalized spacial score (nSPS) is 20.9. The molecule has 192 valence electrons. The van der Waals surface area contributed by atoms with Gasteiger partial charge in [0.2, 0.25) is 11.7 Å². The summed E-state index contributed by atoms with van der Waals surface area (Å²) < 4.78 is 2.27. The molecule has 0 radical (unpaired) electrons. The molecular formula is C29H35N7O. The van der Waals surface area contributed by atoms with Crippen LogP contribution in [0.25, 0.3) is 11.0 Å². The van der Waals surface area contributed by atoms with Crippen LogP contribution < -0.4 is 10.6 Å². The van der Waals surface area contributed by atoms with E-state index in [2.05, 4.69) is 49.4 Å². The zero-order valence-electron chi connectivity index (χ0n) is 21.3. The molecule has 3 aromatic rings. The number of nitrogens with zero attached hydrogens (tertiary/aromatic N) is 5. The van der Waals surface area contributed by atoms with E-state index in [1.165, 1.54) is 32.1 Å². The van der Waals surface area contributed by atoms with Crippen molar-refractivity contribution in [2.24, 2.45) is 5.92 Å². The molecule has 1 aliphatic carbocycles. The van der Waals surface area contributed by atoms with E-state index in [9.17, 15) is 10.1 Å². The summed E-state index contributed by atoms with van der Waals surface area (Å²) >= 11 is 0. The summed E-state index contributed by atoms with van der Waals surface area (Å²) in [5.74, 6) is 1.07. The molecule has 2 aromatic heterocycles. The predicted molar refractivity (Wildman–Crippen MR) is 141 cm³/mol. The first kappa shape index (κ1) is 24.1. The van der Waals surface area contributed by atoms with Gasteiger partial charge in [0.1, 0.15) is 17.3 Å². The third kappa shape index (κ3) is 4.51. The number of amides is 1. The first-order valence-electron chi connectivity index (χ1n) is 13.8. The molecule has 8 heteroatoms. The van der Waals surface area contributed by atoms with E-state index in [4.69, 9.17) is 0 Å². The smallest absolute Gasteiger partial charge is 0.244 e. The number of carbonyl (C=O) groups is 1. The fourth-order valence-electron chi connectivity index (χ4n) is 6.62. The number of hydrogen-bond acceptors (Lipinski definition) is 6. The summed E-state index contributed by atoms with van der Waals surface area (Å²) in [5, 5.41) is 17.4. The van der Waals surface area contributed by atoms with E-state index in [1.807, 2.05) is 23.1 Å². The third-order valence-electron chi connectivity index (χ3n) is 8.67. The van der Waals surface area contributed by atoms with Gasteiger partial charge in [-0.2, -0.15) is 5.26 Å². The standard InChI is InChI=1S/C29H35N7O/c30-18-25-32-19-23-17-24(35(27(23)34-25)16-11-21-7-3-1-4-8-21)26(22-9-5-2-6-10-22)36-20-33-29(28(36)37)12-14-31-15-13-29/h2,5-6,9-10,17,19,21,26,31,33H,1,3-4,7-8,11-16,20H2. The van der Waals surface area contributed by atoms with E-state index in [0.717, 1.165) is 61.2 Å². The van der Waals surface area contributed by atoms with Crippen molar-refractivity contribution in [1.82, 2.24) is 30.1 Å². The van der Waals surface area contributed by atoms with Crippen LogP contribution in [0.15, 0.2) is 42.6 Å². The molecule has 0 bridgehead atoms. The van der Waals surface area contributed by atoms with Gasteiger partial charge in [-0.1, -0.05) is 62.4 Å². The van der Waals surface area contributed by atoms with Crippen LogP contribution in [0.2, 0.25) is 0 Å². The number of fused-ring (bicyclic) bond motifs is 1. The van der Waals surface area contributed by atoms with Crippen LogP contribution in [-0.4, -0.2) is 50.6 Å².